The maximum absolute atomic E-state index is 6.29. The van der Waals surface area contributed by atoms with Crippen molar-refractivity contribution in [3.63, 3.8) is 0 Å². The van der Waals surface area contributed by atoms with E-state index >= 15 is 0 Å². The van der Waals surface area contributed by atoms with Crippen LogP contribution in [0.15, 0.2) is 18.2 Å². The van der Waals surface area contributed by atoms with E-state index in [9.17, 15) is 0 Å². The summed E-state index contributed by atoms with van der Waals surface area (Å²) in [5, 5.41) is 3.67. The average molecular weight is 344 g/mol. The first-order chi connectivity index (χ1) is 12.2. The third-order valence-corrected chi connectivity index (χ3v) is 6.63. The van der Waals surface area contributed by atoms with Gasteiger partial charge in [-0.3, -0.25) is 0 Å². The molecule has 4 nitrogen and oxygen atoms in total. The van der Waals surface area contributed by atoms with Crippen molar-refractivity contribution in [2.24, 2.45) is 0 Å². The molecule has 0 aliphatic carbocycles. The van der Waals surface area contributed by atoms with Crippen LogP contribution in [0, 0.1) is 0 Å². The molecule has 2 saturated heterocycles. The number of hydrogen-bond donors (Lipinski definition) is 1. The van der Waals surface area contributed by atoms with Crippen LogP contribution in [-0.2, 0) is 10.2 Å². The minimum atomic E-state index is 0.244. The highest BCUT2D eigenvalue weighted by Gasteiger charge is 2.41. The normalized spacial score (nSPS) is 30.2. The fourth-order valence-corrected chi connectivity index (χ4v) is 4.87. The molecule has 1 N–H and O–H groups in total. The Balaban J connectivity index is 1.55. The monoisotopic (exact) mass is 344 g/mol. The van der Waals surface area contributed by atoms with E-state index in [0.29, 0.717) is 12.1 Å². The molecule has 2 atom stereocenters. The number of rotatable bonds is 5. The van der Waals surface area contributed by atoms with Gasteiger partial charge >= 0.3 is 0 Å². The van der Waals surface area contributed by atoms with Crippen LogP contribution in [0.2, 0.25) is 0 Å². The van der Waals surface area contributed by atoms with E-state index in [-0.39, 0.29) is 5.41 Å². The number of anilines is 1. The first-order valence-electron chi connectivity index (χ1n) is 10.0. The van der Waals surface area contributed by atoms with Gasteiger partial charge in [0.1, 0.15) is 11.9 Å². The lowest BCUT2D eigenvalue weighted by molar-refractivity contribution is 0.0255. The number of fused-ring (bicyclic) bond motifs is 1. The van der Waals surface area contributed by atoms with Crippen molar-refractivity contribution in [2.45, 2.75) is 63.0 Å². The Hall–Kier alpha value is -1.26. The van der Waals surface area contributed by atoms with Gasteiger partial charge < -0.3 is 19.7 Å². The van der Waals surface area contributed by atoms with E-state index in [1.165, 1.54) is 43.5 Å². The lowest BCUT2D eigenvalue weighted by Crippen LogP contribution is -2.37. The zero-order valence-corrected chi connectivity index (χ0v) is 15.7. The molecule has 1 unspecified atom stereocenters. The van der Waals surface area contributed by atoms with Gasteiger partial charge in [-0.1, -0.05) is 6.92 Å². The molecule has 4 heteroatoms. The zero-order chi connectivity index (χ0) is 17.3. The molecule has 1 aromatic rings. The third kappa shape index (κ3) is 3.39. The highest BCUT2D eigenvalue weighted by atomic mass is 16.5. The van der Waals surface area contributed by atoms with Crippen LogP contribution >= 0.6 is 0 Å². The maximum atomic E-state index is 6.29. The summed E-state index contributed by atoms with van der Waals surface area (Å²) in [7, 11) is 2.29. The molecule has 3 aliphatic heterocycles. The van der Waals surface area contributed by atoms with Crippen molar-refractivity contribution in [1.82, 2.24) is 4.90 Å². The Kier molecular flexibility index (Phi) is 4.92. The molecule has 1 aromatic carbocycles. The highest BCUT2D eigenvalue weighted by Crippen LogP contribution is 2.45. The van der Waals surface area contributed by atoms with Gasteiger partial charge in [-0.2, -0.15) is 0 Å². The lowest BCUT2D eigenvalue weighted by Gasteiger charge is -2.34. The molecule has 4 rings (SSSR count). The molecule has 0 amide bonds. The second-order valence-corrected chi connectivity index (χ2v) is 8.11. The largest absolute Gasteiger partial charge is 0.490 e. The topological polar surface area (TPSA) is 33.7 Å². The number of nitrogens with zero attached hydrogens (tertiary/aromatic N) is 1. The minimum Gasteiger partial charge on any atom is -0.490 e. The van der Waals surface area contributed by atoms with E-state index in [0.717, 1.165) is 38.3 Å². The fraction of sp³-hybridized carbons (Fsp3) is 0.714. The molecular formula is C21H32N2O2. The Bertz CT molecular complexity index is 600. The van der Waals surface area contributed by atoms with Gasteiger partial charge in [0.25, 0.3) is 0 Å². The van der Waals surface area contributed by atoms with Crippen LogP contribution in [0.4, 0.5) is 5.69 Å². The SMILES string of the molecule is CCC1(C[C@H]2CCCN2C)CNc2ccc(OC3CCOCC3)cc21. The van der Waals surface area contributed by atoms with Crippen LogP contribution in [0.3, 0.4) is 0 Å². The van der Waals surface area contributed by atoms with Crippen LogP contribution < -0.4 is 10.1 Å². The van der Waals surface area contributed by atoms with Crippen molar-refractivity contribution in [3.8, 4) is 5.75 Å². The summed E-state index contributed by atoms with van der Waals surface area (Å²) in [6, 6.07) is 7.39. The number of likely N-dealkylation sites (tertiary alicyclic amines) is 1. The summed E-state index contributed by atoms with van der Waals surface area (Å²) in [6.07, 6.45) is 7.42. The molecule has 0 radical (unpaired) electrons. The summed E-state index contributed by atoms with van der Waals surface area (Å²) in [5.41, 5.74) is 3.02. The molecule has 25 heavy (non-hydrogen) atoms. The first kappa shape index (κ1) is 17.2. The zero-order valence-electron chi connectivity index (χ0n) is 15.7. The molecule has 0 bridgehead atoms. The van der Waals surface area contributed by atoms with Gasteiger partial charge in [0.05, 0.1) is 13.2 Å². The molecular weight excluding hydrogens is 312 g/mol. The van der Waals surface area contributed by atoms with E-state index in [4.69, 9.17) is 9.47 Å². The van der Waals surface area contributed by atoms with Crippen LogP contribution in [0.25, 0.3) is 0 Å². The quantitative estimate of drug-likeness (QED) is 0.881. The smallest absolute Gasteiger partial charge is 0.120 e. The van der Waals surface area contributed by atoms with E-state index in [2.05, 4.69) is 42.4 Å². The van der Waals surface area contributed by atoms with Gasteiger partial charge in [-0.25, -0.2) is 0 Å². The second kappa shape index (κ2) is 7.16. The van der Waals surface area contributed by atoms with Crippen molar-refractivity contribution >= 4 is 5.69 Å². The Morgan fingerprint density at radius 2 is 2.12 bits per heavy atom. The van der Waals surface area contributed by atoms with Crippen molar-refractivity contribution in [1.29, 1.82) is 0 Å². The number of benzene rings is 1. The molecule has 0 saturated carbocycles. The summed E-state index contributed by atoms with van der Waals surface area (Å²) in [6.45, 7) is 6.30. The van der Waals surface area contributed by atoms with E-state index in [1.807, 2.05) is 0 Å². The Morgan fingerprint density at radius 3 is 2.84 bits per heavy atom. The van der Waals surface area contributed by atoms with E-state index in [1.54, 1.807) is 0 Å². The van der Waals surface area contributed by atoms with Gasteiger partial charge in [0.2, 0.25) is 0 Å². The average Bonchev–Trinajstić information content (AvgIpc) is 3.21. The van der Waals surface area contributed by atoms with Crippen LogP contribution in [0.5, 0.6) is 5.75 Å². The summed E-state index contributed by atoms with van der Waals surface area (Å²) < 4.78 is 11.7. The van der Waals surface area contributed by atoms with Gasteiger partial charge in [0.15, 0.2) is 0 Å². The predicted octanol–water partition coefficient (Wildman–Crippen LogP) is 3.80. The second-order valence-electron chi connectivity index (χ2n) is 8.11. The summed E-state index contributed by atoms with van der Waals surface area (Å²) >= 11 is 0. The molecule has 3 aliphatic rings. The molecule has 0 aromatic heterocycles. The van der Waals surface area contributed by atoms with Crippen LogP contribution in [-0.4, -0.2) is 50.4 Å². The fourth-order valence-electron chi connectivity index (χ4n) is 4.87. The van der Waals surface area contributed by atoms with E-state index < -0.39 is 0 Å². The minimum absolute atomic E-state index is 0.244. The molecule has 2 fully saturated rings. The predicted molar refractivity (Wildman–Crippen MR) is 102 cm³/mol. The third-order valence-electron chi connectivity index (χ3n) is 6.63. The summed E-state index contributed by atoms with van der Waals surface area (Å²) in [4.78, 5) is 2.55. The first-order valence-corrected chi connectivity index (χ1v) is 10.0. The molecule has 0 spiro atoms. The Morgan fingerprint density at radius 1 is 1.28 bits per heavy atom. The van der Waals surface area contributed by atoms with Crippen molar-refractivity contribution in [3.05, 3.63) is 23.8 Å². The van der Waals surface area contributed by atoms with Gasteiger partial charge in [-0.15, -0.1) is 0 Å². The number of hydrogen-bond acceptors (Lipinski definition) is 4. The standard InChI is InChI=1S/C21H32N2O2/c1-3-21(14-16-5-4-10-23(16)2)15-22-20-7-6-18(13-19(20)21)25-17-8-11-24-12-9-17/h6-7,13,16-17,22H,3-5,8-12,14-15H2,1-2H3/t16-,21?/m1/s1. The molecule has 3 heterocycles. The summed E-state index contributed by atoms with van der Waals surface area (Å²) in [5.74, 6) is 1.03. The molecule has 138 valence electrons. The maximum Gasteiger partial charge on any atom is 0.120 e. The number of nitrogens with one attached hydrogen (secondary N) is 1. The van der Waals surface area contributed by atoms with Crippen molar-refractivity contribution < 1.29 is 9.47 Å². The van der Waals surface area contributed by atoms with Crippen molar-refractivity contribution in [2.75, 3.05) is 38.7 Å². The highest BCUT2D eigenvalue weighted by molar-refractivity contribution is 5.62. The lowest BCUT2D eigenvalue weighted by atomic mass is 9.74. The van der Waals surface area contributed by atoms with Gasteiger partial charge in [0, 0.05) is 36.5 Å². The van der Waals surface area contributed by atoms with Crippen LogP contribution in [0.1, 0.15) is 51.0 Å². The Labute approximate surface area is 151 Å². The number of ether oxygens (including phenoxy) is 2. The van der Waals surface area contributed by atoms with Gasteiger partial charge in [-0.05, 0) is 63.0 Å².